The van der Waals surface area contributed by atoms with E-state index in [9.17, 15) is 9.59 Å². The highest BCUT2D eigenvalue weighted by atomic mass is 16.5. The summed E-state index contributed by atoms with van der Waals surface area (Å²) in [5.41, 5.74) is 0. The molecule has 0 fully saturated rings. The van der Waals surface area contributed by atoms with Crippen molar-refractivity contribution in [2.24, 2.45) is 0 Å². The van der Waals surface area contributed by atoms with Gasteiger partial charge >= 0.3 is 11.9 Å². The van der Waals surface area contributed by atoms with E-state index in [2.05, 4.69) is 0 Å². The predicted octanol–water partition coefficient (Wildman–Crippen LogP) is 3.36. The molecule has 0 rings (SSSR count). The quantitative estimate of drug-likeness (QED) is 0.341. The first-order valence-corrected chi connectivity index (χ1v) is 6.70. The lowest BCUT2D eigenvalue weighted by atomic mass is 10.2. The molecule has 0 heterocycles. The summed E-state index contributed by atoms with van der Waals surface area (Å²) in [5, 5.41) is 0. The number of hydrogen-bond donors (Lipinski definition) is 0. The van der Waals surface area contributed by atoms with Crippen LogP contribution in [0.2, 0.25) is 0 Å². The molecule has 0 aromatic heterocycles. The maximum atomic E-state index is 11.2. The van der Waals surface area contributed by atoms with Crippen LogP contribution in [0.4, 0.5) is 0 Å². The van der Waals surface area contributed by atoms with Crippen LogP contribution in [-0.4, -0.2) is 18.5 Å². The van der Waals surface area contributed by atoms with Crippen LogP contribution in [0.3, 0.4) is 0 Å². The standard InChI is InChI=1S/C14H24O4/c1-3-5-11-17-13(15)9-7-8-10-14(16)18-12-6-4-2/h5,11H,3-4,6-10,12H2,1-2H3. The number of allylic oxidation sites excluding steroid dienone is 1. The maximum Gasteiger partial charge on any atom is 0.310 e. The van der Waals surface area contributed by atoms with Crippen molar-refractivity contribution in [2.45, 2.75) is 58.8 Å². The molecule has 0 amide bonds. The van der Waals surface area contributed by atoms with E-state index in [0.29, 0.717) is 32.3 Å². The summed E-state index contributed by atoms with van der Waals surface area (Å²) in [7, 11) is 0. The Morgan fingerprint density at radius 1 is 1.00 bits per heavy atom. The van der Waals surface area contributed by atoms with Gasteiger partial charge in [0.25, 0.3) is 0 Å². The molecule has 0 N–H and O–H groups in total. The van der Waals surface area contributed by atoms with Crippen LogP contribution >= 0.6 is 0 Å². The summed E-state index contributed by atoms with van der Waals surface area (Å²) in [6.45, 7) is 4.51. The molecule has 0 saturated carbocycles. The smallest absolute Gasteiger partial charge is 0.310 e. The van der Waals surface area contributed by atoms with Gasteiger partial charge in [-0.1, -0.05) is 20.3 Å². The number of hydrogen-bond acceptors (Lipinski definition) is 4. The first-order valence-electron chi connectivity index (χ1n) is 6.70. The van der Waals surface area contributed by atoms with E-state index in [1.165, 1.54) is 6.26 Å². The number of rotatable bonds is 10. The molecular weight excluding hydrogens is 232 g/mol. The van der Waals surface area contributed by atoms with Crippen LogP contribution in [0, 0.1) is 0 Å². The number of esters is 2. The van der Waals surface area contributed by atoms with E-state index in [1.54, 1.807) is 6.08 Å². The zero-order chi connectivity index (χ0) is 13.6. The number of ether oxygens (including phenoxy) is 2. The van der Waals surface area contributed by atoms with E-state index in [4.69, 9.17) is 9.47 Å². The van der Waals surface area contributed by atoms with E-state index < -0.39 is 0 Å². The molecule has 104 valence electrons. The van der Waals surface area contributed by atoms with Crippen molar-refractivity contribution in [2.75, 3.05) is 6.61 Å². The third kappa shape index (κ3) is 11.2. The van der Waals surface area contributed by atoms with Crippen molar-refractivity contribution in [1.82, 2.24) is 0 Å². The minimum Gasteiger partial charge on any atom is -0.466 e. The van der Waals surface area contributed by atoms with Crippen LogP contribution < -0.4 is 0 Å². The van der Waals surface area contributed by atoms with Gasteiger partial charge in [0, 0.05) is 12.8 Å². The molecule has 4 nitrogen and oxygen atoms in total. The fourth-order valence-electron chi connectivity index (χ4n) is 1.22. The third-order valence-electron chi connectivity index (χ3n) is 2.30. The average molecular weight is 256 g/mol. The van der Waals surface area contributed by atoms with Gasteiger partial charge in [-0.25, -0.2) is 0 Å². The topological polar surface area (TPSA) is 52.6 Å². The highest BCUT2D eigenvalue weighted by molar-refractivity contribution is 5.70. The average Bonchev–Trinajstić information content (AvgIpc) is 2.35. The summed E-state index contributed by atoms with van der Waals surface area (Å²) in [6.07, 6.45) is 8.00. The van der Waals surface area contributed by atoms with Crippen molar-refractivity contribution in [1.29, 1.82) is 0 Å². The summed E-state index contributed by atoms with van der Waals surface area (Å²) < 4.78 is 9.84. The monoisotopic (exact) mass is 256 g/mol. The Morgan fingerprint density at radius 2 is 1.67 bits per heavy atom. The summed E-state index contributed by atoms with van der Waals surface area (Å²) >= 11 is 0. The summed E-state index contributed by atoms with van der Waals surface area (Å²) in [5.74, 6) is -0.429. The molecule has 0 bridgehead atoms. The van der Waals surface area contributed by atoms with Crippen molar-refractivity contribution in [3.63, 3.8) is 0 Å². The van der Waals surface area contributed by atoms with Gasteiger partial charge in [-0.05, 0) is 31.8 Å². The molecular formula is C14H24O4. The Morgan fingerprint density at radius 3 is 2.28 bits per heavy atom. The van der Waals surface area contributed by atoms with E-state index >= 15 is 0 Å². The van der Waals surface area contributed by atoms with Crippen LogP contribution in [0.15, 0.2) is 12.3 Å². The molecule has 0 unspecified atom stereocenters. The molecule has 0 atom stereocenters. The molecule has 0 aliphatic rings. The normalized spacial score (nSPS) is 10.6. The van der Waals surface area contributed by atoms with Gasteiger partial charge in [0.1, 0.15) is 0 Å². The summed E-state index contributed by atoms with van der Waals surface area (Å²) in [6, 6.07) is 0. The zero-order valence-corrected chi connectivity index (χ0v) is 11.4. The lowest BCUT2D eigenvalue weighted by Crippen LogP contribution is -2.06. The largest absolute Gasteiger partial charge is 0.466 e. The van der Waals surface area contributed by atoms with Crippen molar-refractivity contribution >= 4 is 11.9 Å². The molecule has 0 radical (unpaired) electrons. The van der Waals surface area contributed by atoms with Crippen LogP contribution in [-0.2, 0) is 19.1 Å². The van der Waals surface area contributed by atoms with E-state index in [-0.39, 0.29) is 11.9 Å². The van der Waals surface area contributed by atoms with Gasteiger partial charge in [0.15, 0.2) is 0 Å². The molecule has 0 aromatic rings. The van der Waals surface area contributed by atoms with Gasteiger partial charge in [-0.2, -0.15) is 0 Å². The predicted molar refractivity (Wildman–Crippen MR) is 69.9 cm³/mol. The van der Waals surface area contributed by atoms with Gasteiger partial charge in [-0.3, -0.25) is 9.59 Å². The summed E-state index contributed by atoms with van der Waals surface area (Å²) in [4.78, 5) is 22.4. The fraction of sp³-hybridized carbons (Fsp3) is 0.714. The van der Waals surface area contributed by atoms with Crippen LogP contribution in [0.5, 0.6) is 0 Å². The Bertz CT molecular complexity index is 259. The molecule has 0 spiro atoms. The lowest BCUT2D eigenvalue weighted by molar-refractivity contribution is -0.144. The molecule has 4 heteroatoms. The molecule has 18 heavy (non-hydrogen) atoms. The zero-order valence-electron chi connectivity index (χ0n) is 11.4. The van der Waals surface area contributed by atoms with Crippen molar-refractivity contribution in [3.8, 4) is 0 Å². The Balaban J connectivity index is 3.40. The highest BCUT2D eigenvalue weighted by Gasteiger charge is 2.04. The van der Waals surface area contributed by atoms with Gasteiger partial charge in [-0.15, -0.1) is 0 Å². The van der Waals surface area contributed by atoms with E-state index in [0.717, 1.165) is 19.3 Å². The number of unbranched alkanes of at least 4 members (excludes halogenated alkanes) is 2. The van der Waals surface area contributed by atoms with Gasteiger partial charge < -0.3 is 9.47 Å². The number of carbonyl (C=O) groups excluding carboxylic acids is 2. The van der Waals surface area contributed by atoms with Crippen LogP contribution in [0.1, 0.15) is 58.8 Å². The third-order valence-corrected chi connectivity index (χ3v) is 2.30. The van der Waals surface area contributed by atoms with Crippen LogP contribution in [0.25, 0.3) is 0 Å². The molecule has 0 aromatic carbocycles. The SMILES string of the molecule is CCC=COC(=O)CCCCC(=O)OCCCC. The maximum absolute atomic E-state index is 11.2. The lowest BCUT2D eigenvalue weighted by Gasteiger charge is -2.03. The first-order chi connectivity index (χ1) is 8.70. The van der Waals surface area contributed by atoms with Gasteiger partial charge in [0.05, 0.1) is 12.9 Å². The van der Waals surface area contributed by atoms with Gasteiger partial charge in [0.2, 0.25) is 0 Å². The van der Waals surface area contributed by atoms with Crippen molar-refractivity contribution in [3.05, 3.63) is 12.3 Å². The first kappa shape index (κ1) is 16.7. The van der Waals surface area contributed by atoms with Crippen molar-refractivity contribution < 1.29 is 19.1 Å². The molecule has 0 aliphatic carbocycles. The second-order valence-electron chi connectivity index (χ2n) is 4.05. The highest BCUT2D eigenvalue weighted by Crippen LogP contribution is 2.03. The number of carbonyl (C=O) groups is 2. The van der Waals surface area contributed by atoms with E-state index in [1.807, 2.05) is 13.8 Å². The Labute approximate surface area is 109 Å². The fourth-order valence-corrected chi connectivity index (χ4v) is 1.22. The Hall–Kier alpha value is -1.32. The minimum absolute atomic E-state index is 0.178. The Kier molecular flexibility index (Phi) is 11.3. The second kappa shape index (κ2) is 12.1. The minimum atomic E-state index is -0.251. The second-order valence-corrected chi connectivity index (χ2v) is 4.05. The molecule has 0 saturated heterocycles. The molecule has 0 aliphatic heterocycles.